The Balaban J connectivity index is 1.47. The molecule has 5 aromatic rings. The van der Waals surface area contributed by atoms with Crippen LogP contribution in [0.4, 0.5) is 0 Å². The largest absolute Gasteiger partial charge is 0.268 e. The summed E-state index contributed by atoms with van der Waals surface area (Å²) < 4.78 is 57.6. The molecule has 0 N–H and O–H groups in total. The molecule has 39 heavy (non-hydrogen) atoms. The van der Waals surface area contributed by atoms with Crippen molar-refractivity contribution in [1.82, 2.24) is 8.28 Å². The lowest BCUT2D eigenvalue weighted by Gasteiger charge is -2.21. The number of nitrogens with zero attached hydrogens (tertiary/aromatic N) is 2. The predicted molar refractivity (Wildman–Crippen MR) is 153 cm³/mol. The van der Waals surface area contributed by atoms with E-state index >= 15 is 0 Å². The number of hydrogen-bond donors (Lipinski definition) is 0. The zero-order chi connectivity index (χ0) is 27.2. The second-order valence-electron chi connectivity index (χ2n) is 9.91. The fraction of sp³-hybridized carbons (Fsp3) is 0.161. The van der Waals surface area contributed by atoms with Crippen LogP contribution in [0.3, 0.4) is 0 Å². The van der Waals surface area contributed by atoms with Crippen molar-refractivity contribution in [3.63, 3.8) is 0 Å². The Labute approximate surface area is 229 Å². The third kappa shape index (κ3) is 4.48. The second kappa shape index (κ2) is 9.79. The van der Waals surface area contributed by atoms with E-state index in [1.807, 2.05) is 67.6 Å². The van der Waals surface area contributed by atoms with E-state index in [1.54, 1.807) is 48.7 Å². The van der Waals surface area contributed by atoms with Gasteiger partial charge in [-0.2, -0.15) is 4.31 Å². The van der Waals surface area contributed by atoms with Crippen molar-refractivity contribution in [2.24, 2.45) is 0 Å². The van der Waals surface area contributed by atoms with E-state index in [-0.39, 0.29) is 22.3 Å². The van der Waals surface area contributed by atoms with Crippen LogP contribution >= 0.6 is 0 Å². The van der Waals surface area contributed by atoms with E-state index in [4.69, 9.17) is 0 Å². The molecule has 2 heterocycles. The van der Waals surface area contributed by atoms with E-state index in [1.165, 1.54) is 8.28 Å². The first-order valence-electron chi connectivity index (χ1n) is 12.8. The van der Waals surface area contributed by atoms with Gasteiger partial charge in [0.2, 0.25) is 10.0 Å². The van der Waals surface area contributed by atoms with Gasteiger partial charge in [-0.25, -0.2) is 20.8 Å². The Kier molecular flexibility index (Phi) is 6.41. The lowest BCUT2D eigenvalue weighted by atomic mass is 9.86. The topological polar surface area (TPSA) is 76.5 Å². The van der Waals surface area contributed by atoms with Crippen molar-refractivity contribution in [1.29, 1.82) is 0 Å². The number of benzene rings is 4. The molecule has 0 radical (unpaired) electrons. The van der Waals surface area contributed by atoms with Crippen LogP contribution < -0.4 is 0 Å². The summed E-state index contributed by atoms with van der Waals surface area (Å²) in [5.41, 5.74) is 4.39. The Morgan fingerprint density at radius 2 is 1.31 bits per heavy atom. The molecule has 0 saturated heterocycles. The minimum Gasteiger partial charge on any atom is -0.241 e. The third-order valence-corrected chi connectivity index (χ3v) is 11.0. The van der Waals surface area contributed by atoms with Crippen LogP contribution in [0.1, 0.15) is 34.6 Å². The Morgan fingerprint density at radius 1 is 0.667 bits per heavy atom. The first-order valence-corrected chi connectivity index (χ1v) is 15.7. The molecule has 0 fully saturated rings. The molecule has 0 spiro atoms. The quantitative estimate of drug-likeness (QED) is 0.270. The van der Waals surface area contributed by atoms with Gasteiger partial charge in [-0.3, -0.25) is 0 Å². The van der Waals surface area contributed by atoms with E-state index in [0.29, 0.717) is 18.5 Å². The van der Waals surface area contributed by atoms with Gasteiger partial charge < -0.3 is 0 Å². The maximum Gasteiger partial charge on any atom is 0.268 e. The summed E-state index contributed by atoms with van der Waals surface area (Å²) in [6.45, 7) is 2.49. The van der Waals surface area contributed by atoms with Crippen molar-refractivity contribution in [3.8, 4) is 0 Å². The van der Waals surface area contributed by atoms with E-state index in [2.05, 4.69) is 0 Å². The Hall–Kier alpha value is -3.72. The molecule has 0 saturated carbocycles. The number of para-hydroxylation sites is 1. The first kappa shape index (κ1) is 25.6. The van der Waals surface area contributed by atoms with E-state index < -0.39 is 20.0 Å². The van der Waals surface area contributed by atoms with Gasteiger partial charge in [-0.1, -0.05) is 78.4 Å². The summed E-state index contributed by atoms with van der Waals surface area (Å²) in [6, 6.07) is 30.7. The van der Waals surface area contributed by atoms with Crippen molar-refractivity contribution >= 4 is 30.9 Å². The van der Waals surface area contributed by atoms with Crippen molar-refractivity contribution < 1.29 is 16.8 Å². The second-order valence-corrected chi connectivity index (χ2v) is 13.7. The van der Waals surface area contributed by atoms with Crippen molar-refractivity contribution in [2.75, 3.05) is 6.54 Å². The minimum absolute atomic E-state index is 0.184. The monoisotopic (exact) mass is 556 g/mol. The highest BCUT2D eigenvalue weighted by molar-refractivity contribution is 7.90. The zero-order valence-electron chi connectivity index (χ0n) is 21.4. The maximum absolute atomic E-state index is 13.7. The molecule has 1 aromatic heterocycles. The maximum atomic E-state index is 13.7. The molecular formula is C31H28N2O4S2. The van der Waals surface area contributed by atoms with Crippen LogP contribution in [0.15, 0.2) is 119 Å². The summed E-state index contributed by atoms with van der Waals surface area (Å²) in [5, 5.41) is 0.839. The van der Waals surface area contributed by atoms with Crippen LogP contribution in [-0.2, 0) is 26.6 Å². The third-order valence-electron chi connectivity index (χ3n) is 7.49. The Morgan fingerprint density at radius 3 is 2.08 bits per heavy atom. The van der Waals surface area contributed by atoms with E-state index in [0.717, 1.165) is 27.6 Å². The summed E-state index contributed by atoms with van der Waals surface area (Å²) in [6.07, 6.45) is 2.24. The first-order chi connectivity index (χ1) is 18.8. The molecule has 8 heteroatoms. The molecule has 6 nitrogen and oxygen atoms in total. The average molecular weight is 557 g/mol. The number of hydrogen-bond acceptors (Lipinski definition) is 4. The molecule has 1 atom stereocenters. The summed E-state index contributed by atoms with van der Waals surface area (Å²) in [5.74, 6) is -0.184. The van der Waals surface area contributed by atoms with Gasteiger partial charge in [0.05, 0.1) is 15.3 Å². The lowest BCUT2D eigenvalue weighted by Crippen LogP contribution is -2.31. The van der Waals surface area contributed by atoms with Gasteiger partial charge in [0, 0.05) is 30.6 Å². The normalized spacial score (nSPS) is 16.6. The molecule has 4 aromatic carbocycles. The summed E-state index contributed by atoms with van der Waals surface area (Å²) >= 11 is 0. The molecule has 1 aliphatic heterocycles. The molecule has 6 rings (SSSR count). The fourth-order valence-corrected chi connectivity index (χ4v) is 8.29. The zero-order valence-corrected chi connectivity index (χ0v) is 23.1. The molecule has 198 valence electrons. The van der Waals surface area contributed by atoms with Crippen LogP contribution in [0.5, 0.6) is 0 Å². The van der Waals surface area contributed by atoms with Gasteiger partial charge >= 0.3 is 0 Å². The lowest BCUT2D eigenvalue weighted by molar-refractivity contribution is 0.405. The highest BCUT2D eigenvalue weighted by atomic mass is 32.2. The standard InChI is InChI=1S/C31H28N2O4S2/c1-23-15-17-26(18-16-23)38(34,35)32-20-19-28(27-12-6-5-9-24(27)21-32)30-22-33(31-14-8-7-13-29(30)31)39(36,37)25-10-3-2-4-11-25/h2-18,22,28H,19-21H2,1H3. The molecular weight excluding hydrogens is 528 g/mol. The van der Waals surface area contributed by atoms with Crippen LogP contribution in [0.25, 0.3) is 10.9 Å². The fourth-order valence-electron chi connectivity index (χ4n) is 5.46. The van der Waals surface area contributed by atoms with Crippen molar-refractivity contribution in [3.05, 3.63) is 132 Å². The number of aryl methyl sites for hydroxylation is 1. The smallest absolute Gasteiger partial charge is 0.241 e. The molecule has 1 unspecified atom stereocenters. The average Bonchev–Trinajstić information content (AvgIpc) is 3.23. The van der Waals surface area contributed by atoms with Gasteiger partial charge in [-0.05, 0) is 60.4 Å². The van der Waals surface area contributed by atoms with Crippen LogP contribution in [0.2, 0.25) is 0 Å². The highest BCUT2D eigenvalue weighted by Crippen LogP contribution is 2.40. The molecule has 0 aliphatic carbocycles. The number of fused-ring (bicyclic) bond motifs is 2. The summed E-state index contributed by atoms with van der Waals surface area (Å²) in [4.78, 5) is 0.489. The van der Waals surface area contributed by atoms with Crippen LogP contribution in [0, 0.1) is 6.92 Å². The summed E-state index contributed by atoms with van der Waals surface area (Å²) in [7, 11) is -7.55. The minimum atomic E-state index is -3.83. The van der Waals surface area contributed by atoms with Gasteiger partial charge in [0.1, 0.15) is 0 Å². The van der Waals surface area contributed by atoms with Gasteiger partial charge in [-0.15, -0.1) is 0 Å². The number of sulfonamides is 1. The highest BCUT2D eigenvalue weighted by Gasteiger charge is 2.33. The number of rotatable bonds is 5. The van der Waals surface area contributed by atoms with E-state index in [9.17, 15) is 16.8 Å². The number of aromatic nitrogens is 1. The van der Waals surface area contributed by atoms with Crippen LogP contribution in [-0.4, -0.2) is 31.7 Å². The molecule has 0 amide bonds. The SMILES string of the molecule is Cc1ccc(S(=O)(=O)N2CCC(c3cn(S(=O)(=O)c4ccccc4)c4ccccc34)c3ccccc3C2)cc1. The van der Waals surface area contributed by atoms with Crippen molar-refractivity contribution in [2.45, 2.75) is 35.6 Å². The molecule has 1 aliphatic rings. The Bertz CT molecular complexity index is 1880. The predicted octanol–water partition coefficient (Wildman–Crippen LogP) is 5.91. The molecule has 0 bridgehead atoms. The van der Waals surface area contributed by atoms with Gasteiger partial charge in [0.15, 0.2) is 0 Å². The van der Waals surface area contributed by atoms with Gasteiger partial charge in [0.25, 0.3) is 10.0 Å².